The number of hydrogen-bond donors (Lipinski definition) is 1. The molecule has 2 unspecified atom stereocenters. The third-order valence-corrected chi connectivity index (χ3v) is 4.13. The van der Waals surface area contributed by atoms with Gasteiger partial charge in [-0.3, -0.25) is 9.59 Å². The highest BCUT2D eigenvalue weighted by molar-refractivity contribution is 6.19. The molecule has 1 rings (SSSR count). The lowest BCUT2D eigenvalue weighted by atomic mass is 9.88. The highest BCUT2D eigenvalue weighted by atomic mass is 35.5. The molecular weight excluding hydrogens is 240 g/mol. The zero-order chi connectivity index (χ0) is 13.2. The molecule has 0 aromatic heterocycles. The van der Waals surface area contributed by atoms with E-state index in [9.17, 15) is 9.59 Å². The lowest BCUT2D eigenvalue weighted by Gasteiger charge is -2.40. The topological polar surface area (TPSA) is 63.4 Å². The van der Waals surface area contributed by atoms with Gasteiger partial charge >= 0.3 is 0 Å². The van der Waals surface area contributed by atoms with Crippen LogP contribution in [-0.2, 0) is 9.59 Å². The molecule has 2 N–H and O–H groups in total. The molecule has 0 aliphatic carbocycles. The van der Waals surface area contributed by atoms with E-state index in [1.807, 2.05) is 20.8 Å². The summed E-state index contributed by atoms with van der Waals surface area (Å²) >= 11 is 5.81. The van der Waals surface area contributed by atoms with Crippen LogP contribution in [0.15, 0.2) is 0 Å². The number of likely N-dealkylation sites (tertiary alicyclic amines) is 1. The number of hydrogen-bond acceptors (Lipinski definition) is 2. The number of halogens is 1. The Kier molecular flexibility index (Phi) is 4.42. The Labute approximate surface area is 107 Å². The van der Waals surface area contributed by atoms with Gasteiger partial charge in [0.2, 0.25) is 11.8 Å². The van der Waals surface area contributed by atoms with Gasteiger partial charge in [-0.05, 0) is 33.6 Å². The van der Waals surface area contributed by atoms with Gasteiger partial charge < -0.3 is 10.6 Å². The SMILES string of the molecule is CC1CCC(C(N)=O)CN1C(=O)C(C)(C)CCl. The smallest absolute Gasteiger partial charge is 0.229 e. The molecule has 17 heavy (non-hydrogen) atoms. The monoisotopic (exact) mass is 260 g/mol. The summed E-state index contributed by atoms with van der Waals surface area (Å²) in [6.07, 6.45) is 1.58. The molecule has 0 radical (unpaired) electrons. The molecule has 5 heteroatoms. The van der Waals surface area contributed by atoms with Gasteiger partial charge in [-0.1, -0.05) is 0 Å². The molecule has 0 spiro atoms. The summed E-state index contributed by atoms with van der Waals surface area (Å²) in [7, 11) is 0. The number of carbonyl (C=O) groups excluding carboxylic acids is 2. The van der Waals surface area contributed by atoms with E-state index in [1.54, 1.807) is 4.90 Å². The molecule has 1 fully saturated rings. The van der Waals surface area contributed by atoms with E-state index in [0.717, 1.165) is 12.8 Å². The maximum atomic E-state index is 12.3. The lowest BCUT2D eigenvalue weighted by Crippen LogP contribution is -2.52. The minimum atomic E-state index is -0.588. The molecule has 2 atom stereocenters. The van der Waals surface area contributed by atoms with E-state index in [0.29, 0.717) is 6.54 Å². The highest BCUT2D eigenvalue weighted by Gasteiger charge is 2.38. The van der Waals surface area contributed by atoms with Gasteiger partial charge in [0.15, 0.2) is 0 Å². The summed E-state index contributed by atoms with van der Waals surface area (Å²) in [6, 6.07) is 0.153. The van der Waals surface area contributed by atoms with Crippen molar-refractivity contribution in [2.75, 3.05) is 12.4 Å². The normalized spacial score (nSPS) is 25.8. The second-order valence-electron chi connectivity index (χ2n) is 5.50. The highest BCUT2D eigenvalue weighted by Crippen LogP contribution is 2.28. The van der Waals surface area contributed by atoms with Crippen LogP contribution in [0.2, 0.25) is 0 Å². The number of primary amides is 1. The maximum Gasteiger partial charge on any atom is 0.229 e. The van der Waals surface area contributed by atoms with Crippen LogP contribution < -0.4 is 5.73 Å². The second kappa shape index (κ2) is 5.25. The van der Waals surface area contributed by atoms with E-state index in [4.69, 9.17) is 17.3 Å². The molecule has 1 saturated heterocycles. The summed E-state index contributed by atoms with van der Waals surface area (Å²) in [5.74, 6) is -0.262. The molecule has 1 aliphatic heterocycles. The number of piperidine rings is 1. The van der Waals surface area contributed by atoms with Crippen LogP contribution >= 0.6 is 11.6 Å². The predicted molar refractivity (Wildman–Crippen MR) is 67.6 cm³/mol. The van der Waals surface area contributed by atoms with Crippen LogP contribution in [-0.4, -0.2) is 35.2 Å². The Morgan fingerprint density at radius 3 is 2.47 bits per heavy atom. The minimum Gasteiger partial charge on any atom is -0.369 e. The van der Waals surface area contributed by atoms with E-state index >= 15 is 0 Å². The predicted octanol–water partition coefficient (Wildman–Crippen LogP) is 1.36. The van der Waals surface area contributed by atoms with Crippen LogP contribution in [0.1, 0.15) is 33.6 Å². The van der Waals surface area contributed by atoms with Crippen LogP contribution in [0.25, 0.3) is 0 Å². The van der Waals surface area contributed by atoms with Crippen molar-refractivity contribution in [1.82, 2.24) is 4.90 Å². The standard InChI is InChI=1S/C12H21ClN2O2/c1-8-4-5-9(10(14)16)6-15(8)11(17)12(2,3)7-13/h8-9H,4-7H2,1-3H3,(H2,14,16). The molecule has 0 bridgehead atoms. The van der Waals surface area contributed by atoms with E-state index in [-0.39, 0.29) is 29.7 Å². The molecule has 0 aromatic carbocycles. The van der Waals surface area contributed by atoms with Crippen LogP contribution in [0.5, 0.6) is 0 Å². The minimum absolute atomic E-state index is 0.00551. The Hall–Kier alpha value is -0.770. The van der Waals surface area contributed by atoms with Crippen molar-refractivity contribution >= 4 is 23.4 Å². The molecule has 2 amide bonds. The summed E-state index contributed by atoms with van der Waals surface area (Å²) in [5.41, 5.74) is 4.73. The molecule has 1 aliphatic rings. The molecule has 0 aromatic rings. The van der Waals surface area contributed by atoms with Crippen molar-refractivity contribution in [1.29, 1.82) is 0 Å². The first-order valence-corrected chi connectivity index (χ1v) is 6.49. The third kappa shape index (κ3) is 3.12. The fraction of sp³-hybridized carbons (Fsp3) is 0.833. The average Bonchev–Trinajstić information content (AvgIpc) is 2.28. The Balaban J connectivity index is 2.80. The van der Waals surface area contributed by atoms with Gasteiger partial charge in [-0.25, -0.2) is 0 Å². The fourth-order valence-corrected chi connectivity index (χ4v) is 2.18. The van der Waals surface area contributed by atoms with Gasteiger partial charge in [0.05, 0.1) is 11.3 Å². The van der Waals surface area contributed by atoms with Crippen molar-refractivity contribution in [2.24, 2.45) is 17.1 Å². The number of nitrogens with zero attached hydrogens (tertiary/aromatic N) is 1. The second-order valence-corrected chi connectivity index (χ2v) is 5.77. The van der Waals surface area contributed by atoms with E-state index in [2.05, 4.69) is 0 Å². The number of rotatable bonds is 3. The van der Waals surface area contributed by atoms with Crippen molar-refractivity contribution in [3.05, 3.63) is 0 Å². The Morgan fingerprint density at radius 1 is 1.41 bits per heavy atom. The molecule has 98 valence electrons. The van der Waals surface area contributed by atoms with Crippen LogP contribution in [0.4, 0.5) is 0 Å². The van der Waals surface area contributed by atoms with Gasteiger partial charge in [0, 0.05) is 18.5 Å². The summed E-state index contributed by atoms with van der Waals surface area (Å²) in [4.78, 5) is 25.3. The third-order valence-electron chi connectivity index (χ3n) is 3.46. The molecule has 1 heterocycles. The summed E-state index contributed by atoms with van der Waals surface area (Å²) in [5, 5.41) is 0. The zero-order valence-corrected chi connectivity index (χ0v) is 11.5. The molecule has 4 nitrogen and oxygen atoms in total. The summed E-state index contributed by atoms with van der Waals surface area (Å²) in [6.45, 7) is 6.07. The van der Waals surface area contributed by atoms with Gasteiger partial charge in [-0.15, -0.1) is 11.6 Å². The number of carbonyl (C=O) groups is 2. The van der Waals surface area contributed by atoms with E-state index < -0.39 is 5.41 Å². The number of nitrogens with two attached hydrogens (primary N) is 1. The first-order chi connectivity index (χ1) is 7.79. The average molecular weight is 261 g/mol. The van der Waals surface area contributed by atoms with Gasteiger partial charge in [0.25, 0.3) is 0 Å². The lowest BCUT2D eigenvalue weighted by molar-refractivity contribution is -0.145. The van der Waals surface area contributed by atoms with Crippen LogP contribution in [0, 0.1) is 11.3 Å². The first-order valence-electron chi connectivity index (χ1n) is 5.96. The quantitative estimate of drug-likeness (QED) is 0.779. The van der Waals surface area contributed by atoms with Crippen molar-refractivity contribution < 1.29 is 9.59 Å². The van der Waals surface area contributed by atoms with Crippen molar-refractivity contribution in [2.45, 2.75) is 39.7 Å². The largest absolute Gasteiger partial charge is 0.369 e. The van der Waals surface area contributed by atoms with Crippen LogP contribution in [0.3, 0.4) is 0 Å². The van der Waals surface area contributed by atoms with Crippen molar-refractivity contribution in [3.63, 3.8) is 0 Å². The van der Waals surface area contributed by atoms with Gasteiger partial charge in [0.1, 0.15) is 0 Å². The zero-order valence-electron chi connectivity index (χ0n) is 10.7. The maximum absolute atomic E-state index is 12.3. The number of alkyl halides is 1. The Morgan fingerprint density at radius 2 is 2.00 bits per heavy atom. The van der Waals surface area contributed by atoms with Gasteiger partial charge in [-0.2, -0.15) is 0 Å². The fourth-order valence-electron chi connectivity index (χ4n) is 2.07. The Bertz CT molecular complexity index is 318. The summed E-state index contributed by atoms with van der Waals surface area (Å²) < 4.78 is 0. The van der Waals surface area contributed by atoms with Crippen molar-refractivity contribution in [3.8, 4) is 0 Å². The number of amides is 2. The first kappa shape index (κ1) is 14.3. The molecule has 0 saturated carbocycles. The molecular formula is C12H21ClN2O2. The van der Waals surface area contributed by atoms with E-state index in [1.165, 1.54) is 0 Å².